The summed E-state index contributed by atoms with van der Waals surface area (Å²) in [5.41, 5.74) is 6.79. The zero-order valence-corrected chi connectivity index (χ0v) is 15.6. The average molecular weight is 362 g/mol. The van der Waals surface area contributed by atoms with E-state index in [0.717, 1.165) is 35.7 Å². The number of hydrogen-bond acceptors (Lipinski definition) is 5. The minimum absolute atomic E-state index is 0.233. The molecule has 0 atom stereocenters. The van der Waals surface area contributed by atoms with Gasteiger partial charge in [-0.1, -0.05) is 0 Å². The third-order valence-corrected chi connectivity index (χ3v) is 6.02. The SMILES string of the molecule is Cc1c2c(c3nncn3c1C)CN(C(=O)CC1CN(c3cccnc3)C1)C2. The van der Waals surface area contributed by atoms with Gasteiger partial charge in [-0.15, -0.1) is 10.2 Å². The highest BCUT2D eigenvalue weighted by molar-refractivity contribution is 5.78. The number of aromatic nitrogens is 4. The van der Waals surface area contributed by atoms with Crippen LogP contribution in [0.2, 0.25) is 0 Å². The number of pyridine rings is 2. The Morgan fingerprint density at radius 1 is 1.22 bits per heavy atom. The molecular formula is C20H22N6O. The summed E-state index contributed by atoms with van der Waals surface area (Å²) in [6.45, 7) is 7.37. The van der Waals surface area contributed by atoms with Crippen LogP contribution in [0.3, 0.4) is 0 Å². The predicted molar refractivity (Wildman–Crippen MR) is 101 cm³/mol. The molecule has 7 heteroatoms. The Kier molecular flexibility index (Phi) is 3.63. The molecule has 138 valence electrons. The second-order valence-electron chi connectivity index (χ2n) is 7.63. The van der Waals surface area contributed by atoms with E-state index >= 15 is 0 Å². The van der Waals surface area contributed by atoms with E-state index in [9.17, 15) is 4.79 Å². The van der Waals surface area contributed by atoms with E-state index in [2.05, 4.69) is 40.0 Å². The van der Waals surface area contributed by atoms with Crippen molar-refractivity contribution in [3.05, 3.63) is 53.2 Å². The Hall–Kier alpha value is -2.96. The van der Waals surface area contributed by atoms with Crippen molar-refractivity contribution in [1.82, 2.24) is 24.5 Å². The van der Waals surface area contributed by atoms with Crippen molar-refractivity contribution < 1.29 is 4.79 Å². The van der Waals surface area contributed by atoms with Gasteiger partial charge in [-0.3, -0.25) is 14.2 Å². The highest BCUT2D eigenvalue weighted by Gasteiger charge is 2.33. The molecule has 27 heavy (non-hydrogen) atoms. The molecule has 1 saturated heterocycles. The molecule has 0 N–H and O–H groups in total. The lowest BCUT2D eigenvalue weighted by Gasteiger charge is -2.41. The number of nitrogens with zero attached hydrogens (tertiary/aromatic N) is 6. The average Bonchev–Trinajstić information content (AvgIpc) is 3.30. The lowest BCUT2D eigenvalue weighted by molar-refractivity contribution is -0.133. The van der Waals surface area contributed by atoms with Crippen molar-refractivity contribution in [1.29, 1.82) is 0 Å². The standard InChI is InChI=1S/C20H22N6O/c1-13-14(2)26-12-22-23-20(26)18-11-25(10-17(13)18)19(27)6-15-8-24(9-15)16-4-3-5-21-7-16/h3-5,7,12,15H,6,8-11H2,1-2H3. The minimum atomic E-state index is 0.233. The summed E-state index contributed by atoms with van der Waals surface area (Å²) >= 11 is 0. The zero-order chi connectivity index (χ0) is 18.5. The van der Waals surface area contributed by atoms with Crippen LogP contribution in [-0.4, -0.2) is 43.5 Å². The Balaban J connectivity index is 1.27. The third kappa shape index (κ3) is 2.57. The molecule has 1 fully saturated rings. The summed E-state index contributed by atoms with van der Waals surface area (Å²) in [4.78, 5) is 21.3. The fourth-order valence-corrected chi connectivity index (χ4v) is 4.27. The molecular weight excluding hydrogens is 340 g/mol. The molecule has 2 aliphatic rings. The van der Waals surface area contributed by atoms with Crippen LogP contribution in [0.5, 0.6) is 0 Å². The highest BCUT2D eigenvalue weighted by Crippen LogP contribution is 2.32. The van der Waals surface area contributed by atoms with Crippen LogP contribution in [0.1, 0.15) is 28.8 Å². The van der Waals surface area contributed by atoms with Crippen LogP contribution in [-0.2, 0) is 17.9 Å². The van der Waals surface area contributed by atoms with Gasteiger partial charge >= 0.3 is 0 Å². The van der Waals surface area contributed by atoms with Crippen LogP contribution in [0, 0.1) is 19.8 Å². The molecule has 2 aliphatic heterocycles. The van der Waals surface area contributed by atoms with Gasteiger partial charge in [0.25, 0.3) is 0 Å². The van der Waals surface area contributed by atoms with Gasteiger partial charge in [-0.2, -0.15) is 0 Å². The lowest BCUT2D eigenvalue weighted by atomic mass is 9.95. The van der Waals surface area contributed by atoms with Gasteiger partial charge in [0.05, 0.1) is 18.4 Å². The summed E-state index contributed by atoms with van der Waals surface area (Å²) in [5, 5.41) is 8.34. The molecule has 0 unspecified atom stereocenters. The second kappa shape index (κ2) is 6.04. The van der Waals surface area contributed by atoms with Gasteiger partial charge in [0.1, 0.15) is 6.33 Å². The van der Waals surface area contributed by atoms with Gasteiger partial charge in [-0.05, 0) is 37.1 Å². The van der Waals surface area contributed by atoms with E-state index in [4.69, 9.17) is 0 Å². The number of hydrogen-bond donors (Lipinski definition) is 0. The smallest absolute Gasteiger partial charge is 0.223 e. The first-order chi connectivity index (χ1) is 13.1. The van der Waals surface area contributed by atoms with Crippen molar-refractivity contribution in [2.24, 2.45) is 5.92 Å². The van der Waals surface area contributed by atoms with Crippen LogP contribution < -0.4 is 4.90 Å². The number of rotatable bonds is 3. The molecule has 0 bridgehead atoms. The Morgan fingerprint density at radius 2 is 2.04 bits per heavy atom. The van der Waals surface area contributed by atoms with Crippen LogP contribution in [0.25, 0.3) is 5.65 Å². The number of anilines is 1. The summed E-state index contributed by atoms with van der Waals surface area (Å²) in [5.74, 6) is 0.647. The van der Waals surface area contributed by atoms with Crippen molar-refractivity contribution in [3.63, 3.8) is 0 Å². The van der Waals surface area contributed by atoms with Crippen LogP contribution >= 0.6 is 0 Å². The fourth-order valence-electron chi connectivity index (χ4n) is 4.27. The van der Waals surface area contributed by atoms with Gasteiger partial charge in [0, 0.05) is 49.4 Å². The summed E-state index contributed by atoms with van der Waals surface area (Å²) < 4.78 is 2.03. The van der Waals surface area contributed by atoms with Crippen LogP contribution in [0.4, 0.5) is 5.69 Å². The topological polar surface area (TPSA) is 66.6 Å². The Morgan fingerprint density at radius 3 is 2.81 bits per heavy atom. The highest BCUT2D eigenvalue weighted by atomic mass is 16.2. The molecule has 7 nitrogen and oxygen atoms in total. The molecule has 0 aliphatic carbocycles. The molecule has 3 aromatic heterocycles. The first kappa shape index (κ1) is 16.2. The summed E-state index contributed by atoms with van der Waals surface area (Å²) in [6.07, 6.45) is 6.02. The second-order valence-corrected chi connectivity index (χ2v) is 7.63. The predicted octanol–water partition coefficient (Wildman–Crippen LogP) is 2.11. The van der Waals surface area contributed by atoms with Crippen molar-refractivity contribution in [2.75, 3.05) is 18.0 Å². The molecule has 0 saturated carbocycles. The Labute approximate surface area is 157 Å². The van der Waals surface area contributed by atoms with Gasteiger partial charge < -0.3 is 9.80 Å². The normalized spacial score (nSPS) is 16.7. The number of fused-ring (bicyclic) bond motifs is 3. The molecule has 0 radical (unpaired) electrons. The molecule has 5 heterocycles. The van der Waals surface area contributed by atoms with E-state index in [-0.39, 0.29) is 5.91 Å². The molecule has 0 spiro atoms. The number of amides is 1. The van der Waals surface area contributed by atoms with Crippen molar-refractivity contribution >= 4 is 17.2 Å². The third-order valence-electron chi connectivity index (χ3n) is 6.02. The van der Waals surface area contributed by atoms with E-state index in [1.807, 2.05) is 21.6 Å². The maximum Gasteiger partial charge on any atom is 0.223 e. The van der Waals surface area contributed by atoms with Gasteiger partial charge in [0.2, 0.25) is 5.91 Å². The van der Waals surface area contributed by atoms with Crippen molar-refractivity contribution in [3.8, 4) is 0 Å². The minimum Gasteiger partial charge on any atom is -0.370 e. The summed E-state index contributed by atoms with van der Waals surface area (Å²) in [7, 11) is 0. The number of carbonyl (C=O) groups is 1. The lowest BCUT2D eigenvalue weighted by Crippen LogP contribution is -2.48. The van der Waals surface area contributed by atoms with E-state index in [0.29, 0.717) is 25.4 Å². The Bertz CT molecular complexity index is 1020. The first-order valence-corrected chi connectivity index (χ1v) is 9.35. The van der Waals surface area contributed by atoms with Gasteiger partial charge in [0.15, 0.2) is 5.65 Å². The van der Waals surface area contributed by atoms with E-state index < -0.39 is 0 Å². The maximum absolute atomic E-state index is 12.9. The largest absolute Gasteiger partial charge is 0.370 e. The molecule has 1 amide bonds. The number of aryl methyl sites for hydroxylation is 1. The van der Waals surface area contributed by atoms with Gasteiger partial charge in [-0.25, -0.2) is 0 Å². The molecule has 0 aromatic carbocycles. The molecule has 3 aromatic rings. The maximum atomic E-state index is 12.9. The monoisotopic (exact) mass is 362 g/mol. The quantitative estimate of drug-likeness (QED) is 0.714. The molecule has 5 rings (SSSR count). The van der Waals surface area contributed by atoms with E-state index in [1.165, 1.54) is 11.1 Å². The van der Waals surface area contributed by atoms with Crippen molar-refractivity contribution in [2.45, 2.75) is 33.4 Å². The van der Waals surface area contributed by atoms with Crippen LogP contribution in [0.15, 0.2) is 30.9 Å². The fraction of sp³-hybridized carbons (Fsp3) is 0.400. The van der Waals surface area contributed by atoms with E-state index in [1.54, 1.807) is 12.5 Å². The number of carbonyl (C=O) groups excluding carboxylic acids is 1. The summed E-state index contributed by atoms with van der Waals surface area (Å²) in [6, 6.07) is 4.02. The zero-order valence-electron chi connectivity index (χ0n) is 15.6. The first-order valence-electron chi connectivity index (χ1n) is 9.35.